The fraction of sp³-hybridized carbons (Fsp3) is 0.600. The Kier molecular flexibility index (Phi) is 4.00. The number of aryl methyl sites for hydroxylation is 1. The third-order valence-electron chi connectivity index (χ3n) is 3.43. The Morgan fingerprint density at radius 1 is 1.25 bits per heavy atom. The van der Waals surface area contributed by atoms with Crippen molar-refractivity contribution in [3.05, 3.63) is 35.4 Å². The second-order valence-electron chi connectivity index (χ2n) is 5.06. The van der Waals surface area contributed by atoms with Gasteiger partial charge in [0.2, 0.25) is 0 Å². The first-order valence-electron chi connectivity index (χ1n) is 6.62. The topological polar surface area (TPSA) is 12.0 Å². The van der Waals surface area contributed by atoms with Gasteiger partial charge in [-0.2, -0.15) is 0 Å². The molecular formula is C15H23N. The molecule has 1 saturated carbocycles. The number of rotatable bonds is 6. The van der Waals surface area contributed by atoms with Gasteiger partial charge in [-0.3, -0.25) is 0 Å². The van der Waals surface area contributed by atoms with E-state index in [4.69, 9.17) is 0 Å². The van der Waals surface area contributed by atoms with Gasteiger partial charge in [0.15, 0.2) is 0 Å². The second kappa shape index (κ2) is 5.49. The van der Waals surface area contributed by atoms with E-state index in [1.807, 2.05) is 0 Å². The maximum absolute atomic E-state index is 3.61. The summed E-state index contributed by atoms with van der Waals surface area (Å²) in [5, 5.41) is 3.61. The molecule has 1 atom stereocenters. The fourth-order valence-corrected chi connectivity index (χ4v) is 2.04. The van der Waals surface area contributed by atoms with Crippen LogP contribution in [-0.4, -0.2) is 6.54 Å². The summed E-state index contributed by atoms with van der Waals surface area (Å²) in [6, 6.07) is 9.59. The zero-order valence-corrected chi connectivity index (χ0v) is 10.5. The lowest BCUT2D eigenvalue weighted by Gasteiger charge is -2.14. The zero-order valence-electron chi connectivity index (χ0n) is 10.5. The Labute approximate surface area is 99.3 Å². The summed E-state index contributed by atoms with van der Waals surface area (Å²) in [6.07, 6.45) is 5.28. The van der Waals surface area contributed by atoms with E-state index in [1.54, 1.807) is 0 Å². The van der Waals surface area contributed by atoms with Gasteiger partial charge in [0, 0.05) is 6.04 Å². The Morgan fingerprint density at radius 3 is 2.50 bits per heavy atom. The van der Waals surface area contributed by atoms with Crippen LogP contribution in [0.25, 0.3) is 0 Å². The monoisotopic (exact) mass is 217 g/mol. The van der Waals surface area contributed by atoms with E-state index in [0.29, 0.717) is 6.04 Å². The first kappa shape index (κ1) is 11.7. The summed E-state index contributed by atoms with van der Waals surface area (Å²) in [4.78, 5) is 0. The predicted octanol–water partition coefficient (Wildman–Crippen LogP) is 3.70. The highest BCUT2D eigenvalue weighted by molar-refractivity contribution is 5.24. The minimum Gasteiger partial charge on any atom is -0.310 e. The Hall–Kier alpha value is -0.820. The lowest BCUT2D eigenvalue weighted by atomic mass is 10.0. The van der Waals surface area contributed by atoms with E-state index in [9.17, 15) is 0 Å². The van der Waals surface area contributed by atoms with Gasteiger partial charge < -0.3 is 5.32 Å². The van der Waals surface area contributed by atoms with Crippen molar-refractivity contribution in [3.63, 3.8) is 0 Å². The molecule has 1 aromatic carbocycles. The van der Waals surface area contributed by atoms with Crippen LogP contribution in [0.2, 0.25) is 0 Å². The first-order valence-corrected chi connectivity index (χ1v) is 6.62. The van der Waals surface area contributed by atoms with Crippen LogP contribution in [0.3, 0.4) is 0 Å². The van der Waals surface area contributed by atoms with Gasteiger partial charge in [-0.25, -0.2) is 0 Å². The predicted molar refractivity (Wildman–Crippen MR) is 69.6 cm³/mol. The molecule has 0 aromatic heterocycles. The van der Waals surface area contributed by atoms with Gasteiger partial charge in [0.1, 0.15) is 0 Å². The molecular weight excluding hydrogens is 194 g/mol. The van der Waals surface area contributed by atoms with Gasteiger partial charge in [-0.05, 0) is 49.8 Å². The highest BCUT2D eigenvalue weighted by Crippen LogP contribution is 2.28. The van der Waals surface area contributed by atoms with Crippen molar-refractivity contribution in [2.24, 2.45) is 5.92 Å². The molecule has 1 aliphatic carbocycles. The van der Waals surface area contributed by atoms with Gasteiger partial charge >= 0.3 is 0 Å². The van der Waals surface area contributed by atoms with Crippen LogP contribution in [0.4, 0.5) is 0 Å². The van der Waals surface area contributed by atoms with Crippen molar-refractivity contribution in [3.8, 4) is 0 Å². The summed E-state index contributed by atoms with van der Waals surface area (Å²) in [7, 11) is 0. The van der Waals surface area contributed by atoms with Gasteiger partial charge in [0.05, 0.1) is 0 Å². The molecule has 1 heteroatoms. The number of hydrogen-bond acceptors (Lipinski definition) is 1. The maximum atomic E-state index is 3.61. The summed E-state index contributed by atoms with van der Waals surface area (Å²) in [5.41, 5.74) is 2.88. The van der Waals surface area contributed by atoms with E-state index in [2.05, 4.69) is 43.4 Å². The smallest absolute Gasteiger partial charge is 0.0291 e. The second-order valence-corrected chi connectivity index (χ2v) is 5.06. The fourth-order valence-electron chi connectivity index (χ4n) is 2.04. The molecule has 0 amide bonds. The molecule has 1 N–H and O–H groups in total. The molecule has 1 aromatic rings. The van der Waals surface area contributed by atoms with Crippen LogP contribution in [0.5, 0.6) is 0 Å². The molecule has 2 rings (SSSR count). The Balaban J connectivity index is 1.86. The molecule has 1 unspecified atom stereocenters. The Bertz CT molecular complexity index is 311. The standard InChI is InChI=1S/C15H23N/c1-3-4-13-7-9-15(10-8-13)12(2)16-11-14-5-6-14/h7-10,12,14,16H,3-6,11H2,1-2H3. The van der Waals surface area contributed by atoms with Gasteiger partial charge in [-0.15, -0.1) is 0 Å². The molecule has 0 saturated heterocycles. The van der Waals surface area contributed by atoms with Crippen molar-refractivity contribution >= 4 is 0 Å². The largest absolute Gasteiger partial charge is 0.310 e. The molecule has 16 heavy (non-hydrogen) atoms. The van der Waals surface area contributed by atoms with Crippen molar-refractivity contribution < 1.29 is 0 Å². The van der Waals surface area contributed by atoms with Crippen molar-refractivity contribution in [2.75, 3.05) is 6.54 Å². The maximum Gasteiger partial charge on any atom is 0.0291 e. The third-order valence-corrected chi connectivity index (χ3v) is 3.43. The zero-order chi connectivity index (χ0) is 11.4. The van der Waals surface area contributed by atoms with Crippen LogP contribution in [-0.2, 0) is 6.42 Å². The van der Waals surface area contributed by atoms with E-state index in [0.717, 1.165) is 5.92 Å². The minimum absolute atomic E-state index is 0.497. The van der Waals surface area contributed by atoms with Crippen LogP contribution < -0.4 is 5.32 Å². The average Bonchev–Trinajstić information content (AvgIpc) is 3.11. The molecule has 0 bridgehead atoms. The SMILES string of the molecule is CCCc1ccc(C(C)NCC2CC2)cc1. The molecule has 1 aliphatic rings. The molecule has 0 heterocycles. The third kappa shape index (κ3) is 3.34. The molecule has 0 spiro atoms. The van der Waals surface area contributed by atoms with Crippen LogP contribution in [0.1, 0.15) is 50.3 Å². The normalized spacial score (nSPS) is 17.4. The van der Waals surface area contributed by atoms with Crippen LogP contribution >= 0.6 is 0 Å². The van der Waals surface area contributed by atoms with Crippen LogP contribution in [0.15, 0.2) is 24.3 Å². The number of hydrogen-bond donors (Lipinski definition) is 1. The summed E-state index contributed by atoms with van der Waals surface area (Å²) in [6.45, 7) is 5.68. The van der Waals surface area contributed by atoms with Gasteiger partial charge in [0.25, 0.3) is 0 Å². The molecule has 0 aliphatic heterocycles. The van der Waals surface area contributed by atoms with E-state index >= 15 is 0 Å². The van der Waals surface area contributed by atoms with E-state index in [-0.39, 0.29) is 0 Å². The summed E-state index contributed by atoms with van der Waals surface area (Å²) < 4.78 is 0. The van der Waals surface area contributed by atoms with Crippen molar-refractivity contribution in [1.29, 1.82) is 0 Å². The lowest BCUT2D eigenvalue weighted by Crippen LogP contribution is -2.20. The van der Waals surface area contributed by atoms with Crippen LogP contribution in [0, 0.1) is 5.92 Å². The highest BCUT2D eigenvalue weighted by Gasteiger charge is 2.21. The number of nitrogens with one attached hydrogen (secondary N) is 1. The summed E-state index contributed by atoms with van der Waals surface area (Å²) in [5.74, 6) is 0.960. The first-order chi connectivity index (χ1) is 7.79. The molecule has 88 valence electrons. The average molecular weight is 217 g/mol. The molecule has 1 fully saturated rings. The quantitative estimate of drug-likeness (QED) is 0.766. The molecule has 0 radical (unpaired) electrons. The molecule has 1 nitrogen and oxygen atoms in total. The van der Waals surface area contributed by atoms with Crippen molar-refractivity contribution in [2.45, 2.75) is 45.6 Å². The van der Waals surface area contributed by atoms with Gasteiger partial charge in [-0.1, -0.05) is 37.6 Å². The Morgan fingerprint density at radius 2 is 1.94 bits per heavy atom. The van der Waals surface area contributed by atoms with E-state index in [1.165, 1.54) is 43.4 Å². The number of benzene rings is 1. The summed E-state index contributed by atoms with van der Waals surface area (Å²) >= 11 is 0. The minimum atomic E-state index is 0.497. The van der Waals surface area contributed by atoms with Crippen molar-refractivity contribution in [1.82, 2.24) is 5.32 Å². The van der Waals surface area contributed by atoms with E-state index < -0.39 is 0 Å². The highest BCUT2D eigenvalue weighted by atomic mass is 14.9. The lowest BCUT2D eigenvalue weighted by molar-refractivity contribution is 0.548.